The number of ether oxygens (including phenoxy) is 1. The lowest BCUT2D eigenvalue weighted by Crippen LogP contribution is -2.26. The molecule has 114 valence electrons. The molecule has 0 aliphatic heterocycles. The summed E-state index contributed by atoms with van der Waals surface area (Å²) in [5.41, 5.74) is 1.18. The minimum atomic E-state index is 0.375. The molecule has 1 rings (SSSR count). The minimum Gasteiger partial charge on any atom is -0.380 e. The topological polar surface area (TPSA) is 50.3 Å². The lowest BCUT2D eigenvalue weighted by Gasteiger charge is -2.24. The first-order valence-corrected chi connectivity index (χ1v) is 7.49. The van der Waals surface area contributed by atoms with Crippen molar-refractivity contribution in [1.82, 2.24) is 9.97 Å². The lowest BCUT2D eigenvalue weighted by molar-refractivity contribution is 0.154. The molecule has 5 nitrogen and oxygen atoms in total. The van der Waals surface area contributed by atoms with E-state index in [0.29, 0.717) is 12.5 Å². The van der Waals surface area contributed by atoms with E-state index in [2.05, 4.69) is 48.0 Å². The van der Waals surface area contributed by atoms with E-state index >= 15 is 0 Å². The molecule has 0 aromatic carbocycles. The normalized spacial score (nSPS) is 10.9. The van der Waals surface area contributed by atoms with Crippen LogP contribution in [0.25, 0.3) is 0 Å². The van der Waals surface area contributed by atoms with E-state index in [4.69, 9.17) is 4.74 Å². The van der Waals surface area contributed by atoms with Crippen molar-refractivity contribution < 1.29 is 4.74 Å². The van der Waals surface area contributed by atoms with Gasteiger partial charge >= 0.3 is 0 Å². The number of hydrogen-bond acceptors (Lipinski definition) is 5. The Kier molecular flexibility index (Phi) is 7.30. The Morgan fingerprint density at radius 3 is 2.65 bits per heavy atom. The molecule has 1 heterocycles. The maximum absolute atomic E-state index is 5.42. The zero-order valence-corrected chi connectivity index (χ0v) is 13.4. The molecule has 0 amide bonds. The highest BCUT2D eigenvalue weighted by atomic mass is 16.5. The average Bonchev–Trinajstić information content (AvgIpc) is 2.44. The number of hydrogen-bond donors (Lipinski definition) is 1. The molecular weight excluding hydrogens is 252 g/mol. The summed E-state index contributed by atoms with van der Waals surface area (Å²) in [5.74, 6) is 2.32. The summed E-state index contributed by atoms with van der Waals surface area (Å²) in [6.45, 7) is 11.7. The zero-order chi connectivity index (χ0) is 15.0. The smallest absolute Gasteiger partial charge is 0.137 e. The second-order valence-electron chi connectivity index (χ2n) is 5.16. The summed E-state index contributed by atoms with van der Waals surface area (Å²) < 4.78 is 5.42. The first kappa shape index (κ1) is 16.7. The summed E-state index contributed by atoms with van der Waals surface area (Å²) in [7, 11) is 2.05. The van der Waals surface area contributed by atoms with Crippen molar-refractivity contribution in [1.29, 1.82) is 0 Å². The molecule has 0 radical (unpaired) electrons. The quantitative estimate of drug-likeness (QED) is 0.705. The summed E-state index contributed by atoms with van der Waals surface area (Å²) in [5, 5.41) is 3.40. The molecule has 0 aliphatic rings. The number of rotatable bonds is 9. The van der Waals surface area contributed by atoms with E-state index in [1.165, 1.54) is 5.56 Å². The largest absolute Gasteiger partial charge is 0.380 e. The molecular formula is C15H28N4O. The van der Waals surface area contributed by atoms with E-state index in [0.717, 1.165) is 37.8 Å². The van der Waals surface area contributed by atoms with Crippen LogP contribution in [0.1, 0.15) is 45.6 Å². The van der Waals surface area contributed by atoms with Crippen LogP contribution in [-0.4, -0.2) is 43.3 Å². The third-order valence-corrected chi connectivity index (χ3v) is 3.12. The highest BCUT2D eigenvalue weighted by Gasteiger charge is 2.17. The van der Waals surface area contributed by atoms with Gasteiger partial charge in [0.25, 0.3) is 0 Å². The highest BCUT2D eigenvalue weighted by Crippen LogP contribution is 2.30. The van der Waals surface area contributed by atoms with Gasteiger partial charge in [0.1, 0.15) is 18.0 Å². The predicted octanol–water partition coefficient (Wildman–Crippen LogP) is 2.89. The van der Waals surface area contributed by atoms with Crippen LogP contribution in [0.3, 0.4) is 0 Å². The van der Waals surface area contributed by atoms with Crippen LogP contribution in [0.4, 0.5) is 11.6 Å². The average molecular weight is 280 g/mol. The summed E-state index contributed by atoms with van der Waals surface area (Å²) in [4.78, 5) is 11.0. The van der Waals surface area contributed by atoms with E-state index in [-0.39, 0.29) is 0 Å². The Labute approximate surface area is 122 Å². The third-order valence-electron chi connectivity index (χ3n) is 3.12. The van der Waals surface area contributed by atoms with Gasteiger partial charge in [0.05, 0.1) is 6.61 Å². The molecule has 0 fully saturated rings. The molecule has 0 spiro atoms. The molecule has 0 saturated heterocycles. The van der Waals surface area contributed by atoms with Gasteiger partial charge in [0.2, 0.25) is 0 Å². The van der Waals surface area contributed by atoms with Gasteiger partial charge in [-0.15, -0.1) is 0 Å². The van der Waals surface area contributed by atoms with Crippen molar-refractivity contribution in [2.45, 2.75) is 40.0 Å². The molecule has 0 unspecified atom stereocenters. The molecule has 20 heavy (non-hydrogen) atoms. The summed E-state index contributed by atoms with van der Waals surface area (Å²) in [6.07, 6.45) is 2.72. The first-order valence-electron chi connectivity index (χ1n) is 7.49. The van der Waals surface area contributed by atoms with Gasteiger partial charge in [-0.25, -0.2) is 9.97 Å². The fraction of sp³-hybridized carbons (Fsp3) is 0.733. The van der Waals surface area contributed by atoms with E-state index < -0.39 is 0 Å². The standard InChI is InChI=1S/C15H28N4O/c1-6-8-16-14-13(12(3)4)15(18-11-17-14)19(5)9-10-20-7-2/h11-12H,6-10H2,1-5H3,(H,16,17,18). The molecule has 0 saturated carbocycles. The maximum atomic E-state index is 5.42. The van der Waals surface area contributed by atoms with Crippen LogP contribution < -0.4 is 10.2 Å². The number of aromatic nitrogens is 2. The van der Waals surface area contributed by atoms with Gasteiger partial charge in [-0.05, 0) is 19.3 Å². The van der Waals surface area contributed by atoms with Crippen LogP contribution in [-0.2, 0) is 4.74 Å². The highest BCUT2D eigenvalue weighted by molar-refractivity contribution is 5.60. The second kappa shape index (κ2) is 8.74. The fourth-order valence-electron chi connectivity index (χ4n) is 2.06. The SMILES string of the molecule is CCCNc1ncnc(N(C)CCOCC)c1C(C)C. The third kappa shape index (κ3) is 4.63. The number of nitrogens with one attached hydrogen (secondary N) is 1. The van der Waals surface area contributed by atoms with E-state index in [1.807, 2.05) is 6.92 Å². The van der Waals surface area contributed by atoms with Crippen LogP contribution in [0, 0.1) is 0 Å². The van der Waals surface area contributed by atoms with Gasteiger partial charge in [-0.2, -0.15) is 0 Å². The van der Waals surface area contributed by atoms with E-state index in [9.17, 15) is 0 Å². The fourth-order valence-corrected chi connectivity index (χ4v) is 2.06. The minimum absolute atomic E-state index is 0.375. The van der Waals surface area contributed by atoms with Crippen molar-refractivity contribution in [2.24, 2.45) is 0 Å². The zero-order valence-electron chi connectivity index (χ0n) is 13.4. The van der Waals surface area contributed by atoms with Crippen molar-refractivity contribution in [2.75, 3.05) is 43.6 Å². The monoisotopic (exact) mass is 280 g/mol. The molecule has 1 N–H and O–H groups in total. The Morgan fingerprint density at radius 1 is 1.30 bits per heavy atom. The summed E-state index contributed by atoms with van der Waals surface area (Å²) in [6, 6.07) is 0. The Morgan fingerprint density at radius 2 is 2.05 bits per heavy atom. The molecule has 0 aliphatic carbocycles. The number of anilines is 2. The van der Waals surface area contributed by atoms with Gasteiger partial charge in [0.15, 0.2) is 0 Å². The number of likely N-dealkylation sites (N-methyl/N-ethyl adjacent to an activating group) is 1. The van der Waals surface area contributed by atoms with Gasteiger partial charge in [-0.3, -0.25) is 0 Å². The maximum Gasteiger partial charge on any atom is 0.137 e. The lowest BCUT2D eigenvalue weighted by atomic mass is 10.0. The molecule has 1 aromatic rings. The summed E-state index contributed by atoms with van der Waals surface area (Å²) >= 11 is 0. The van der Waals surface area contributed by atoms with Crippen molar-refractivity contribution in [3.8, 4) is 0 Å². The molecule has 5 heteroatoms. The Balaban J connectivity index is 2.93. The van der Waals surface area contributed by atoms with Gasteiger partial charge < -0.3 is 15.0 Å². The second-order valence-corrected chi connectivity index (χ2v) is 5.16. The molecule has 0 atom stereocenters. The number of nitrogens with zero attached hydrogens (tertiary/aromatic N) is 3. The Hall–Kier alpha value is -1.36. The van der Waals surface area contributed by atoms with Crippen LogP contribution >= 0.6 is 0 Å². The van der Waals surface area contributed by atoms with Gasteiger partial charge in [-0.1, -0.05) is 20.8 Å². The Bertz CT molecular complexity index is 395. The van der Waals surface area contributed by atoms with Crippen molar-refractivity contribution in [3.63, 3.8) is 0 Å². The van der Waals surface area contributed by atoms with Crippen molar-refractivity contribution >= 4 is 11.6 Å². The van der Waals surface area contributed by atoms with Crippen LogP contribution in [0.2, 0.25) is 0 Å². The van der Waals surface area contributed by atoms with E-state index in [1.54, 1.807) is 6.33 Å². The first-order chi connectivity index (χ1) is 9.61. The molecule has 1 aromatic heterocycles. The molecule has 0 bridgehead atoms. The van der Waals surface area contributed by atoms with Crippen LogP contribution in [0.15, 0.2) is 6.33 Å². The predicted molar refractivity (Wildman–Crippen MR) is 84.7 cm³/mol. The van der Waals surface area contributed by atoms with Gasteiger partial charge in [0, 0.05) is 32.3 Å². The van der Waals surface area contributed by atoms with Crippen LogP contribution in [0.5, 0.6) is 0 Å². The van der Waals surface area contributed by atoms with Crippen molar-refractivity contribution in [3.05, 3.63) is 11.9 Å².